The number of amides is 3. The van der Waals surface area contributed by atoms with Crippen LogP contribution < -0.4 is 9.64 Å². The molecule has 1 atom stereocenters. The van der Waals surface area contributed by atoms with E-state index in [4.69, 9.17) is 9.47 Å². The van der Waals surface area contributed by atoms with Gasteiger partial charge in [0.1, 0.15) is 5.75 Å². The van der Waals surface area contributed by atoms with E-state index in [-0.39, 0.29) is 29.1 Å². The summed E-state index contributed by atoms with van der Waals surface area (Å²) in [5.41, 5.74) is 1.12. The van der Waals surface area contributed by atoms with Crippen LogP contribution in [0.1, 0.15) is 51.8 Å². The molecule has 0 fully saturated rings. The summed E-state index contributed by atoms with van der Waals surface area (Å²) < 4.78 is 10.1. The van der Waals surface area contributed by atoms with E-state index in [1.54, 1.807) is 38.1 Å². The van der Waals surface area contributed by atoms with Crippen LogP contribution in [0.25, 0.3) is 0 Å². The number of fused-ring (bicyclic) bond motifs is 1. The number of rotatable bonds is 8. The first-order chi connectivity index (χ1) is 15.3. The van der Waals surface area contributed by atoms with Crippen LogP contribution in [0, 0.1) is 5.92 Å². The van der Waals surface area contributed by atoms with Gasteiger partial charge in [-0.2, -0.15) is 0 Å². The molecule has 1 aliphatic rings. The molecule has 3 amide bonds. The van der Waals surface area contributed by atoms with Crippen molar-refractivity contribution in [2.24, 2.45) is 5.92 Å². The third kappa shape index (κ3) is 4.34. The molecule has 3 rings (SSSR count). The molecular weight excluding hydrogens is 412 g/mol. The van der Waals surface area contributed by atoms with Gasteiger partial charge in [-0.3, -0.25) is 19.2 Å². The van der Waals surface area contributed by atoms with Crippen LogP contribution in [0.5, 0.6) is 5.75 Å². The Labute approximate surface area is 186 Å². The Morgan fingerprint density at radius 3 is 2.25 bits per heavy atom. The third-order valence-electron chi connectivity index (χ3n) is 5.31. The van der Waals surface area contributed by atoms with E-state index in [1.807, 2.05) is 6.92 Å². The molecule has 0 bridgehead atoms. The second-order valence-corrected chi connectivity index (χ2v) is 7.40. The first-order valence-corrected chi connectivity index (χ1v) is 10.4. The summed E-state index contributed by atoms with van der Waals surface area (Å²) in [4.78, 5) is 53.2. The lowest BCUT2D eigenvalue weighted by Crippen LogP contribution is -2.37. The zero-order chi connectivity index (χ0) is 23.4. The third-order valence-corrected chi connectivity index (χ3v) is 5.31. The van der Waals surface area contributed by atoms with Gasteiger partial charge in [-0.05, 0) is 56.3 Å². The molecule has 1 unspecified atom stereocenters. The highest BCUT2D eigenvalue weighted by Gasteiger charge is 2.37. The highest BCUT2D eigenvalue weighted by atomic mass is 16.5. The SMILES string of the molecule is CCOc1ccc(N2C(=O)c3ccc(C(=O)N(CC)CC(C)C(=O)OC)cc3C2=O)cc1. The summed E-state index contributed by atoms with van der Waals surface area (Å²) in [5, 5.41) is 0. The van der Waals surface area contributed by atoms with Gasteiger partial charge in [0.15, 0.2) is 0 Å². The van der Waals surface area contributed by atoms with Crippen molar-refractivity contribution in [1.29, 1.82) is 0 Å². The average Bonchev–Trinajstić information content (AvgIpc) is 3.06. The molecule has 2 aromatic rings. The Kier molecular flexibility index (Phi) is 6.92. The fraction of sp³-hybridized carbons (Fsp3) is 0.333. The van der Waals surface area contributed by atoms with Crippen LogP contribution in [0.2, 0.25) is 0 Å². The van der Waals surface area contributed by atoms with E-state index < -0.39 is 23.7 Å². The van der Waals surface area contributed by atoms with Crippen molar-refractivity contribution in [3.8, 4) is 5.75 Å². The van der Waals surface area contributed by atoms with Crippen LogP contribution in [-0.2, 0) is 9.53 Å². The summed E-state index contributed by atoms with van der Waals surface area (Å²) in [6.07, 6.45) is 0. The van der Waals surface area contributed by atoms with Gasteiger partial charge in [0.05, 0.1) is 36.4 Å². The molecule has 2 aromatic carbocycles. The molecule has 168 valence electrons. The smallest absolute Gasteiger partial charge is 0.310 e. The molecule has 1 heterocycles. The lowest BCUT2D eigenvalue weighted by Gasteiger charge is -2.23. The van der Waals surface area contributed by atoms with Gasteiger partial charge in [0.25, 0.3) is 17.7 Å². The summed E-state index contributed by atoms with van der Waals surface area (Å²) in [5.74, 6) is -1.52. The number of carbonyl (C=O) groups is 4. The van der Waals surface area contributed by atoms with Gasteiger partial charge in [0.2, 0.25) is 0 Å². The minimum atomic E-state index is -0.491. The highest BCUT2D eigenvalue weighted by molar-refractivity contribution is 6.34. The van der Waals surface area contributed by atoms with Crippen LogP contribution in [0.4, 0.5) is 5.69 Å². The predicted molar refractivity (Wildman–Crippen MR) is 118 cm³/mol. The number of esters is 1. The lowest BCUT2D eigenvalue weighted by molar-refractivity contribution is -0.145. The Morgan fingerprint density at radius 1 is 1.00 bits per heavy atom. The van der Waals surface area contributed by atoms with Crippen molar-refractivity contribution in [3.63, 3.8) is 0 Å². The Morgan fingerprint density at radius 2 is 1.66 bits per heavy atom. The van der Waals surface area contributed by atoms with Crippen molar-refractivity contribution >= 4 is 29.4 Å². The molecule has 0 aliphatic carbocycles. The molecule has 8 heteroatoms. The maximum Gasteiger partial charge on any atom is 0.310 e. The van der Waals surface area contributed by atoms with E-state index >= 15 is 0 Å². The number of imide groups is 1. The van der Waals surface area contributed by atoms with Crippen LogP contribution in [0.15, 0.2) is 42.5 Å². The largest absolute Gasteiger partial charge is 0.494 e. The molecule has 0 saturated heterocycles. The molecule has 0 radical (unpaired) electrons. The summed E-state index contributed by atoms with van der Waals surface area (Å²) >= 11 is 0. The summed E-state index contributed by atoms with van der Waals surface area (Å²) in [7, 11) is 1.30. The number of nitrogens with zero attached hydrogens (tertiary/aromatic N) is 2. The first kappa shape index (κ1) is 23.0. The number of anilines is 1. The normalized spacial score (nSPS) is 13.6. The molecule has 0 N–H and O–H groups in total. The summed E-state index contributed by atoms with van der Waals surface area (Å²) in [6.45, 7) is 6.43. The maximum absolute atomic E-state index is 13.0. The quantitative estimate of drug-likeness (QED) is 0.464. The predicted octanol–water partition coefficient (Wildman–Crippen LogP) is 3.16. The Bertz CT molecular complexity index is 1050. The average molecular weight is 438 g/mol. The van der Waals surface area contributed by atoms with Gasteiger partial charge in [-0.25, -0.2) is 4.90 Å². The zero-order valence-corrected chi connectivity index (χ0v) is 18.6. The second kappa shape index (κ2) is 9.64. The monoisotopic (exact) mass is 438 g/mol. The van der Waals surface area contributed by atoms with E-state index in [0.29, 0.717) is 24.6 Å². The van der Waals surface area contributed by atoms with E-state index in [9.17, 15) is 19.2 Å². The van der Waals surface area contributed by atoms with Gasteiger partial charge >= 0.3 is 5.97 Å². The van der Waals surface area contributed by atoms with Crippen molar-refractivity contribution < 1.29 is 28.7 Å². The number of benzene rings is 2. The number of carbonyl (C=O) groups excluding carboxylic acids is 4. The zero-order valence-electron chi connectivity index (χ0n) is 18.6. The molecule has 0 spiro atoms. The van der Waals surface area contributed by atoms with Gasteiger partial charge in [0, 0.05) is 18.7 Å². The molecule has 1 aliphatic heterocycles. The van der Waals surface area contributed by atoms with Crippen molar-refractivity contribution in [3.05, 3.63) is 59.2 Å². The van der Waals surface area contributed by atoms with E-state index in [1.165, 1.54) is 30.2 Å². The van der Waals surface area contributed by atoms with E-state index in [0.717, 1.165) is 4.90 Å². The Balaban J connectivity index is 1.85. The molecule has 8 nitrogen and oxygen atoms in total. The Hall–Kier alpha value is -3.68. The fourth-order valence-corrected chi connectivity index (χ4v) is 3.61. The number of ether oxygens (including phenoxy) is 2. The minimum Gasteiger partial charge on any atom is -0.494 e. The van der Waals surface area contributed by atoms with Crippen LogP contribution in [0.3, 0.4) is 0 Å². The number of methoxy groups -OCH3 is 1. The van der Waals surface area contributed by atoms with Crippen molar-refractivity contribution in [2.45, 2.75) is 20.8 Å². The molecule has 0 aromatic heterocycles. The van der Waals surface area contributed by atoms with Crippen LogP contribution in [-0.4, -0.2) is 55.4 Å². The highest BCUT2D eigenvalue weighted by Crippen LogP contribution is 2.30. The van der Waals surface area contributed by atoms with Crippen molar-refractivity contribution in [1.82, 2.24) is 4.90 Å². The second-order valence-electron chi connectivity index (χ2n) is 7.40. The van der Waals surface area contributed by atoms with E-state index in [2.05, 4.69) is 0 Å². The standard InChI is InChI=1S/C24H26N2O6/c1-5-25(14-15(3)24(30)31-4)21(27)16-7-12-19-20(13-16)23(29)26(22(19)28)17-8-10-18(11-9-17)32-6-2/h7-13,15H,5-6,14H2,1-4H3. The van der Waals surface area contributed by atoms with Gasteiger partial charge in [-0.1, -0.05) is 6.92 Å². The molecule has 32 heavy (non-hydrogen) atoms. The molecule has 0 saturated carbocycles. The van der Waals surface area contributed by atoms with Gasteiger partial charge < -0.3 is 14.4 Å². The maximum atomic E-state index is 13.0. The lowest BCUT2D eigenvalue weighted by atomic mass is 10.0. The molecular formula is C24H26N2O6. The topological polar surface area (TPSA) is 93.2 Å². The number of hydrogen-bond acceptors (Lipinski definition) is 6. The number of hydrogen-bond donors (Lipinski definition) is 0. The minimum absolute atomic E-state index is 0.173. The fourth-order valence-electron chi connectivity index (χ4n) is 3.61. The first-order valence-electron chi connectivity index (χ1n) is 10.4. The van der Waals surface area contributed by atoms with Gasteiger partial charge in [-0.15, -0.1) is 0 Å². The summed E-state index contributed by atoms with van der Waals surface area (Å²) in [6, 6.07) is 11.1. The van der Waals surface area contributed by atoms with Crippen LogP contribution >= 0.6 is 0 Å². The van der Waals surface area contributed by atoms with Crippen molar-refractivity contribution in [2.75, 3.05) is 31.7 Å².